The van der Waals surface area contributed by atoms with E-state index in [1.165, 1.54) is 0 Å². The van der Waals surface area contributed by atoms with Gasteiger partial charge in [0, 0.05) is 6.04 Å². The summed E-state index contributed by atoms with van der Waals surface area (Å²) in [4.78, 5) is 12.0. The Bertz CT molecular complexity index is 299. The van der Waals surface area contributed by atoms with E-state index in [9.17, 15) is 9.90 Å². The third kappa shape index (κ3) is 4.18. The lowest BCUT2D eigenvalue weighted by atomic mass is 9.92. The first-order chi connectivity index (χ1) is 8.58. The molecule has 18 heavy (non-hydrogen) atoms. The number of amidine groups is 1. The quantitative estimate of drug-likeness (QED) is 0.250. The molecule has 1 aliphatic carbocycles. The summed E-state index contributed by atoms with van der Waals surface area (Å²) in [6.07, 6.45) is 4.10. The lowest BCUT2D eigenvalue weighted by Crippen LogP contribution is -2.45. The maximum Gasteiger partial charge on any atom is 0.231 e. The van der Waals surface area contributed by atoms with Crippen LogP contribution < -0.4 is 11.1 Å². The fourth-order valence-corrected chi connectivity index (χ4v) is 2.29. The Kier molecular flexibility index (Phi) is 5.91. The highest BCUT2D eigenvalue weighted by atomic mass is 16.4. The van der Waals surface area contributed by atoms with Crippen molar-refractivity contribution < 1.29 is 15.1 Å². The average Bonchev–Trinajstić information content (AvgIpc) is 2.37. The number of amides is 1. The van der Waals surface area contributed by atoms with E-state index < -0.39 is 5.92 Å². The molecule has 1 rings (SSSR count). The van der Waals surface area contributed by atoms with Gasteiger partial charge in [-0.25, -0.2) is 0 Å². The number of nitrogens with two attached hydrogens (primary N) is 1. The molecule has 0 aliphatic heterocycles. The van der Waals surface area contributed by atoms with E-state index in [1.54, 1.807) is 0 Å². The maximum atomic E-state index is 12.0. The molecule has 104 valence electrons. The van der Waals surface area contributed by atoms with Crippen molar-refractivity contribution in [2.75, 3.05) is 0 Å². The summed E-state index contributed by atoms with van der Waals surface area (Å²) in [5, 5.41) is 23.9. The Labute approximate surface area is 107 Å². The number of rotatable bonds is 5. The van der Waals surface area contributed by atoms with Crippen LogP contribution in [0.3, 0.4) is 0 Å². The Morgan fingerprint density at radius 1 is 1.44 bits per heavy atom. The van der Waals surface area contributed by atoms with Crippen LogP contribution >= 0.6 is 0 Å². The van der Waals surface area contributed by atoms with Crippen LogP contribution in [-0.4, -0.2) is 34.2 Å². The molecular formula is C12H23N3O3. The van der Waals surface area contributed by atoms with Gasteiger partial charge < -0.3 is 21.4 Å². The Balaban J connectivity index is 2.51. The van der Waals surface area contributed by atoms with Crippen LogP contribution in [0.25, 0.3) is 0 Å². The van der Waals surface area contributed by atoms with Gasteiger partial charge in [0.25, 0.3) is 0 Å². The SMILES string of the molecule is CCCC(C(=O)NC1CCC(O)CC1)C(N)=NO. The molecule has 0 aromatic heterocycles. The molecule has 1 aliphatic rings. The van der Waals surface area contributed by atoms with Crippen molar-refractivity contribution in [1.82, 2.24) is 5.32 Å². The van der Waals surface area contributed by atoms with Crippen LogP contribution in [-0.2, 0) is 4.79 Å². The first kappa shape index (κ1) is 14.8. The molecule has 0 heterocycles. The van der Waals surface area contributed by atoms with Crippen molar-refractivity contribution in [1.29, 1.82) is 0 Å². The molecule has 6 nitrogen and oxygen atoms in total. The van der Waals surface area contributed by atoms with Gasteiger partial charge >= 0.3 is 0 Å². The predicted octanol–water partition coefficient (Wildman–Crippen LogP) is 0.569. The van der Waals surface area contributed by atoms with Crippen molar-refractivity contribution in [3.8, 4) is 0 Å². The summed E-state index contributed by atoms with van der Waals surface area (Å²) in [5.74, 6) is -0.786. The standard InChI is InChI=1S/C12H23N3O3/c1-2-3-10(11(13)15-18)12(17)14-8-4-6-9(16)7-5-8/h8-10,16,18H,2-7H2,1H3,(H2,13,15)(H,14,17). The first-order valence-electron chi connectivity index (χ1n) is 6.54. The normalized spacial score (nSPS) is 26.7. The zero-order valence-electron chi connectivity index (χ0n) is 10.8. The summed E-state index contributed by atoms with van der Waals surface area (Å²) in [5.41, 5.74) is 5.53. The molecule has 1 atom stereocenters. The smallest absolute Gasteiger partial charge is 0.231 e. The lowest BCUT2D eigenvalue weighted by molar-refractivity contribution is -0.124. The summed E-state index contributed by atoms with van der Waals surface area (Å²) < 4.78 is 0. The molecule has 1 fully saturated rings. The monoisotopic (exact) mass is 257 g/mol. The molecule has 0 aromatic carbocycles. The van der Waals surface area contributed by atoms with Crippen LogP contribution in [0.1, 0.15) is 45.4 Å². The number of nitrogens with one attached hydrogen (secondary N) is 1. The van der Waals surface area contributed by atoms with Gasteiger partial charge in [0.15, 0.2) is 5.84 Å². The fraction of sp³-hybridized carbons (Fsp3) is 0.833. The maximum absolute atomic E-state index is 12.0. The van der Waals surface area contributed by atoms with Gasteiger partial charge in [0.1, 0.15) is 0 Å². The molecule has 0 aromatic rings. The molecule has 1 saturated carbocycles. The number of hydrogen-bond donors (Lipinski definition) is 4. The van der Waals surface area contributed by atoms with Crippen molar-refractivity contribution in [2.45, 2.75) is 57.6 Å². The first-order valence-corrected chi connectivity index (χ1v) is 6.54. The van der Waals surface area contributed by atoms with Crippen molar-refractivity contribution in [2.24, 2.45) is 16.8 Å². The summed E-state index contributed by atoms with van der Waals surface area (Å²) >= 11 is 0. The lowest BCUT2D eigenvalue weighted by Gasteiger charge is -2.27. The molecular weight excluding hydrogens is 234 g/mol. The van der Waals surface area contributed by atoms with Gasteiger partial charge in [0.2, 0.25) is 5.91 Å². The van der Waals surface area contributed by atoms with E-state index >= 15 is 0 Å². The number of hydrogen-bond acceptors (Lipinski definition) is 4. The van der Waals surface area contributed by atoms with Gasteiger partial charge in [-0.15, -0.1) is 0 Å². The average molecular weight is 257 g/mol. The van der Waals surface area contributed by atoms with E-state index in [2.05, 4.69) is 10.5 Å². The Hall–Kier alpha value is -1.30. The van der Waals surface area contributed by atoms with Crippen molar-refractivity contribution >= 4 is 11.7 Å². The molecule has 0 bridgehead atoms. The van der Waals surface area contributed by atoms with Gasteiger partial charge in [0.05, 0.1) is 12.0 Å². The second kappa shape index (κ2) is 7.20. The minimum Gasteiger partial charge on any atom is -0.409 e. The molecule has 5 N–H and O–H groups in total. The summed E-state index contributed by atoms with van der Waals surface area (Å²) in [6, 6.07) is 0.0896. The van der Waals surface area contributed by atoms with Crippen LogP contribution in [0.2, 0.25) is 0 Å². The van der Waals surface area contributed by atoms with Crippen molar-refractivity contribution in [3.05, 3.63) is 0 Å². The number of aliphatic hydroxyl groups is 1. The minimum atomic E-state index is -0.563. The van der Waals surface area contributed by atoms with Gasteiger partial charge in [-0.3, -0.25) is 4.79 Å². The topological polar surface area (TPSA) is 108 Å². The zero-order chi connectivity index (χ0) is 13.5. The molecule has 0 radical (unpaired) electrons. The third-order valence-electron chi connectivity index (χ3n) is 3.41. The van der Waals surface area contributed by atoms with E-state index in [0.29, 0.717) is 19.3 Å². The van der Waals surface area contributed by atoms with Crippen molar-refractivity contribution in [3.63, 3.8) is 0 Å². The van der Waals surface area contributed by atoms with E-state index in [0.717, 1.165) is 19.3 Å². The molecule has 0 saturated heterocycles. The third-order valence-corrected chi connectivity index (χ3v) is 3.41. The zero-order valence-corrected chi connectivity index (χ0v) is 10.8. The highest BCUT2D eigenvalue weighted by Gasteiger charge is 2.26. The number of oxime groups is 1. The van der Waals surface area contributed by atoms with Gasteiger partial charge in [-0.2, -0.15) is 0 Å². The summed E-state index contributed by atoms with van der Waals surface area (Å²) in [6.45, 7) is 1.95. The van der Waals surface area contributed by atoms with Crippen LogP contribution in [0, 0.1) is 5.92 Å². The molecule has 0 spiro atoms. The van der Waals surface area contributed by atoms with Crippen LogP contribution in [0.5, 0.6) is 0 Å². The van der Waals surface area contributed by atoms with Crippen LogP contribution in [0.15, 0.2) is 5.16 Å². The molecule has 1 unspecified atom stereocenters. The predicted molar refractivity (Wildman–Crippen MR) is 68.2 cm³/mol. The highest BCUT2D eigenvalue weighted by Crippen LogP contribution is 2.19. The van der Waals surface area contributed by atoms with E-state index in [-0.39, 0.29) is 23.9 Å². The number of carbonyl (C=O) groups is 1. The molecule has 1 amide bonds. The van der Waals surface area contributed by atoms with Gasteiger partial charge in [-0.05, 0) is 32.1 Å². The van der Waals surface area contributed by atoms with Gasteiger partial charge in [-0.1, -0.05) is 18.5 Å². The minimum absolute atomic E-state index is 0.0369. The second-order valence-electron chi connectivity index (χ2n) is 4.88. The summed E-state index contributed by atoms with van der Waals surface area (Å²) in [7, 11) is 0. The van der Waals surface area contributed by atoms with E-state index in [1.807, 2.05) is 6.92 Å². The number of carbonyl (C=O) groups excluding carboxylic acids is 1. The van der Waals surface area contributed by atoms with E-state index in [4.69, 9.17) is 10.9 Å². The largest absolute Gasteiger partial charge is 0.409 e. The Morgan fingerprint density at radius 2 is 2.06 bits per heavy atom. The number of nitrogens with zero attached hydrogens (tertiary/aromatic N) is 1. The highest BCUT2D eigenvalue weighted by molar-refractivity contribution is 6.02. The Morgan fingerprint density at radius 3 is 2.56 bits per heavy atom. The number of aliphatic hydroxyl groups excluding tert-OH is 1. The fourth-order valence-electron chi connectivity index (χ4n) is 2.29. The molecule has 6 heteroatoms. The second-order valence-corrected chi connectivity index (χ2v) is 4.88. The van der Waals surface area contributed by atoms with Crippen LogP contribution in [0.4, 0.5) is 0 Å².